The summed E-state index contributed by atoms with van der Waals surface area (Å²) in [6.07, 6.45) is 1.67. The lowest BCUT2D eigenvalue weighted by Crippen LogP contribution is -2.42. The van der Waals surface area contributed by atoms with E-state index in [0.29, 0.717) is 25.8 Å². The molecule has 1 amide bonds. The summed E-state index contributed by atoms with van der Waals surface area (Å²) >= 11 is 0. The molecule has 1 aliphatic heterocycles. The van der Waals surface area contributed by atoms with Gasteiger partial charge in [0.1, 0.15) is 0 Å². The Balaban J connectivity index is 1.82. The molecule has 28 heavy (non-hydrogen) atoms. The molecule has 3 rings (SSSR count). The molecule has 2 aromatic carbocycles. The molecule has 1 saturated heterocycles. The van der Waals surface area contributed by atoms with Crippen molar-refractivity contribution >= 4 is 11.9 Å². The van der Waals surface area contributed by atoms with E-state index in [2.05, 4.69) is 0 Å². The molecule has 0 bridgehead atoms. The summed E-state index contributed by atoms with van der Waals surface area (Å²) in [5.74, 6) is -1.11. The number of nitrogens with zero attached hydrogens (tertiary/aromatic N) is 1. The minimum atomic E-state index is -0.887. The van der Waals surface area contributed by atoms with E-state index in [1.807, 2.05) is 60.7 Å². The van der Waals surface area contributed by atoms with Crippen LogP contribution in [0.5, 0.6) is 0 Å². The maximum absolute atomic E-state index is 13.5. The number of amides is 1. The Bertz CT molecular complexity index is 736. The molecule has 2 aromatic rings. The first kappa shape index (κ1) is 20.1. The second-order valence-electron chi connectivity index (χ2n) is 7.41. The van der Waals surface area contributed by atoms with Gasteiger partial charge in [0.15, 0.2) is 0 Å². The van der Waals surface area contributed by atoms with Crippen LogP contribution in [-0.4, -0.2) is 47.7 Å². The number of ether oxygens (including phenoxy) is 1. The van der Waals surface area contributed by atoms with Crippen LogP contribution in [0.1, 0.15) is 24.0 Å². The minimum Gasteiger partial charge on any atom is -0.481 e. The fourth-order valence-electron chi connectivity index (χ4n) is 3.99. The predicted molar refractivity (Wildman–Crippen MR) is 107 cm³/mol. The van der Waals surface area contributed by atoms with E-state index in [1.165, 1.54) is 0 Å². The third-order valence-corrected chi connectivity index (χ3v) is 5.40. The molecule has 5 nitrogen and oxygen atoms in total. The number of carbonyl (C=O) groups is 2. The van der Waals surface area contributed by atoms with Crippen LogP contribution in [0, 0.1) is 5.92 Å². The van der Waals surface area contributed by atoms with Gasteiger partial charge in [0.05, 0.1) is 12.5 Å². The molecule has 1 fully saturated rings. The molecular formula is C23H27NO4. The highest BCUT2D eigenvalue weighted by Gasteiger charge is 2.39. The average molecular weight is 381 g/mol. The molecule has 0 radical (unpaired) electrons. The normalized spacial score (nSPS) is 19.1. The molecule has 0 saturated carbocycles. The van der Waals surface area contributed by atoms with Crippen molar-refractivity contribution in [1.29, 1.82) is 0 Å². The SMILES string of the molecule is COC1CC(CC(=O)O)N(C(=O)C(Cc2ccccc2)Cc2ccccc2)C1. The number of methoxy groups -OCH3 is 1. The van der Waals surface area contributed by atoms with E-state index in [0.717, 1.165) is 11.1 Å². The van der Waals surface area contributed by atoms with E-state index in [1.54, 1.807) is 12.0 Å². The van der Waals surface area contributed by atoms with Crippen molar-refractivity contribution in [3.8, 4) is 0 Å². The molecule has 0 spiro atoms. The van der Waals surface area contributed by atoms with E-state index >= 15 is 0 Å². The summed E-state index contributed by atoms with van der Waals surface area (Å²) < 4.78 is 5.43. The third kappa shape index (κ3) is 5.20. The molecule has 1 aliphatic rings. The number of likely N-dealkylation sites (tertiary alicyclic amines) is 1. The largest absolute Gasteiger partial charge is 0.481 e. The third-order valence-electron chi connectivity index (χ3n) is 5.40. The fraction of sp³-hybridized carbons (Fsp3) is 0.391. The van der Waals surface area contributed by atoms with Crippen LogP contribution < -0.4 is 0 Å². The lowest BCUT2D eigenvalue weighted by atomic mass is 9.91. The smallest absolute Gasteiger partial charge is 0.305 e. The van der Waals surface area contributed by atoms with Gasteiger partial charge < -0.3 is 14.7 Å². The van der Waals surface area contributed by atoms with Crippen molar-refractivity contribution in [2.45, 2.75) is 37.8 Å². The summed E-state index contributed by atoms with van der Waals surface area (Å²) in [5.41, 5.74) is 2.21. The van der Waals surface area contributed by atoms with Crippen molar-refractivity contribution in [1.82, 2.24) is 4.90 Å². The summed E-state index contributed by atoms with van der Waals surface area (Å²) in [7, 11) is 1.61. The van der Waals surface area contributed by atoms with Crippen LogP contribution in [0.15, 0.2) is 60.7 Å². The molecule has 5 heteroatoms. The van der Waals surface area contributed by atoms with Gasteiger partial charge in [-0.2, -0.15) is 0 Å². The van der Waals surface area contributed by atoms with Gasteiger partial charge >= 0.3 is 5.97 Å². The summed E-state index contributed by atoms with van der Waals surface area (Å²) in [5, 5.41) is 9.26. The summed E-state index contributed by atoms with van der Waals surface area (Å²) in [6.45, 7) is 0.452. The molecule has 1 heterocycles. The molecular weight excluding hydrogens is 354 g/mol. The number of hydrogen-bond donors (Lipinski definition) is 1. The first-order chi connectivity index (χ1) is 13.6. The zero-order chi connectivity index (χ0) is 19.9. The average Bonchev–Trinajstić information content (AvgIpc) is 3.10. The van der Waals surface area contributed by atoms with Crippen LogP contribution in [0.2, 0.25) is 0 Å². The first-order valence-electron chi connectivity index (χ1n) is 9.69. The predicted octanol–water partition coefficient (Wildman–Crippen LogP) is 3.18. The zero-order valence-electron chi connectivity index (χ0n) is 16.2. The van der Waals surface area contributed by atoms with Gasteiger partial charge in [-0.25, -0.2) is 0 Å². The van der Waals surface area contributed by atoms with Crippen molar-refractivity contribution in [3.05, 3.63) is 71.8 Å². The second-order valence-corrected chi connectivity index (χ2v) is 7.41. The quantitative estimate of drug-likeness (QED) is 0.763. The van der Waals surface area contributed by atoms with Crippen molar-refractivity contribution in [2.75, 3.05) is 13.7 Å². The Morgan fingerprint density at radius 1 is 1.04 bits per heavy atom. The van der Waals surface area contributed by atoms with Crippen molar-refractivity contribution < 1.29 is 19.4 Å². The number of hydrogen-bond acceptors (Lipinski definition) is 3. The molecule has 1 N–H and O–H groups in total. The lowest BCUT2D eigenvalue weighted by Gasteiger charge is -2.28. The Kier molecular flexibility index (Phi) is 6.82. The first-order valence-corrected chi connectivity index (χ1v) is 9.69. The van der Waals surface area contributed by atoms with Crippen molar-refractivity contribution in [3.63, 3.8) is 0 Å². The van der Waals surface area contributed by atoms with Crippen LogP contribution >= 0.6 is 0 Å². The maximum Gasteiger partial charge on any atom is 0.305 e. The number of carbonyl (C=O) groups excluding carboxylic acids is 1. The standard InChI is InChI=1S/C23H27NO4/c1-28-21-14-20(15-22(25)26)24(16-21)23(27)19(12-17-8-4-2-5-9-17)13-18-10-6-3-7-11-18/h2-11,19-21H,12-16H2,1H3,(H,25,26). The highest BCUT2D eigenvalue weighted by Crippen LogP contribution is 2.27. The topological polar surface area (TPSA) is 66.8 Å². The number of benzene rings is 2. The van der Waals surface area contributed by atoms with Gasteiger partial charge in [0, 0.05) is 25.6 Å². The monoisotopic (exact) mass is 381 g/mol. The van der Waals surface area contributed by atoms with Gasteiger partial charge in [0.2, 0.25) is 5.91 Å². The number of rotatable bonds is 8. The fourth-order valence-corrected chi connectivity index (χ4v) is 3.99. The van der Waals surface area contributed by atoms with Crippen LogP contribution in [0.25, 0.3) is 0 Å². The van der Waals surface area contributed by atoms with Crippen LogP contribution in [0.3, 0.4) is 0 Å². The number of aliphatic carboxylic acids is 1. The highest BCUT2D eigenvalue weighted by atomic mass is 16.5. The van der Waals surface area contributed by atoms with Gasteiger partial charge in [0.25, 0.3) is 0 Å². The van der Waals surface area contributed by atoms with Gasteiger partial charge in [-0.1, -0.05) is 60.7 Å². The van der Waals surface area contributed by atoms with E-state index in [4.69, 9.17) is 4.74 Å². The molecule has 148 valence electrons. The van der Waals surface area contributed by atoms with Gasteiger partial charge in [-0.15, -0.1) is 0 Å². The van der Waals surface area contributed by atoms with Crippen molar-refractivity contribution in [2.24, 2.45) is 5.92 Å². The second kappa shape index (κ2) is 9.51. The van der Waals surface area contributed by atoms with E-state index < -0.39 is 5.97 Å². The Hall–Kier alpha value is -2.66. The van der Waals surface area contributed by atoms with Crippen LogP contribution in [-0.2, 0) is 27.2 Å². The highest BCUT2D eigenvalue weighted by molar-refractivity contribution is 5.81. The Morgan fingerprint density at radius 2 is 1.57 bits per heavy atom. The van der Waals surface area contributed by atoms with Gasteiger partial charge in [-0.3, -0.25) is 9.59 Å². The molecule has 2 unspecified atom stereocenters. The van der Waals surface area contributed by atoms with Crippen LogP contribution in [0.4, 0.5) is 0 Å². The number of carboxylic acids is 1. The number of carboxylic acid groups (broad SMARTS) is 1. The molecule has 0 aliphatic carbocycles. The zero-order valence-corrected chi connectivity index (χ0v) is 16.2. The van der Waals surface area contributed by atoms with E-state index in [9.17, 15) is 14.7 Å². The van der Waals surface area contributed by atoms with E-state index in [-0.39, 0.29) is 30.4 Å². The summed E-state index contributed by atoms with van der Waals surface area (Å²) in [6, 6.07) is 19.6. The molecule has 2 atom stereocenters. The Labute approximate surface area is 165 Å². The lowest BCUT2D eigenvalue weighted by molar-refractivity contribution is -0.141. The Morgan fingerprint density at radius 3 is 2.04 bits per heavy atom. The summed E-state index contributed by atoms with van der Waals surface area (Å²) in [4.78, 5) is 26.5. The molecule has 0 aromatic heterocycles. The van der Waals surface area contributed by atoms with Gasteiger partial charge in [-0.05, 0) is 30.4 Å². The minimum absolute atomic E-state index is 0.0125. The maximum atomic E-state index is 13.5.